The highest BCUT2D eigenvalue weighted by Crippen LogP contribution is 2.29. The number of alkyl halides is 1. The fourth-order valence-corrected chi connectivity index (χ4v) is 3.29. The van der Waals surface area contributed by atoms with Gasteiger partial charge in [-0.05, 0) is 31.9 Å². The summed E-state index contributed by atoms with van der Waals surface area (Å²) in [7, 11) is 0. The molecule has 1 heterocycles. The average molecular weight is 266 g/mol. The number of benzene rings is 1. The molecule has 1 aromatic heterocycles. The highest BCUT2D eigenvalue weighted by atomic mass is 35.5. The van der Waals surface area contributed by atoms with Crippen LogP contribution in [0.5, 0.6) is 0 Å². The van der Waals surface area contributed by atoms with E-state index in [1.807, 2.05) is 0 Å². The Bertz CT molecular complexity index is 508. The number of aryl methyl sites for hydroxylation is 4. The molecule has 0 bridgehead atoms. The second kappa shape index (κ2) is 5.19. The van der Waals surface area contributed by atoms with Crippen LogP contribution in [-0.4, -0.2) is 10.9 Å². The van der Waals surface area contributed by atoms with Gasteiger partial charge in [-0.3, -0.25) is 0 Å². The van der Waals surface area contributed by atoms with E-state index in [0.717, 1.165) is 17.1 Å². The maximum atomic E-state index is 5.74. The third-order valence-electron chi connectivity index (χ3n) is 2.79. The number of aromatic nitrogens is 1. The van der Waals surface area contributed by atoms with Crippen molar-refractivity contribution in [2.75, 3.05) is 5.88 Å². The Morgan fingerprint density at radius 1 is 1.18 bits per heavy atom. The van der Waals surface area contributed by atoms with Crippen molar-refractivity contribution in [2.24, 2.45) is 0 Å². The molecule has 0 aliphatic heterocycles. The maximum absolute atomic E-state index is 5.74. The van der Waals surface area contributed by atoms with Crippen LogP contribution in [0.4, 0.5) is 0 Å². The summed E-state index contributed by atoms with van der Waals surface area (Å²) in [6.45, 7) is 6.43. The van der Waals surface area contributed by atoms with Gasteiger partial charge in [-0.25, -0.2) is 4.98 Å². The van der Waals surface area contributed by atoms with Crippen molar-refractivity contribution in [1.82, 2.24) is 4.98 Å². The van der Waals surface area contributed by atoms with Crippen molar-refractivity contribution in [3.8, 4) is 11.3 Å². The lowest BCUT2D eigenvalue weighted by Crippen LogP contribution is -1.91. The van der Waals surface area contributed by atoms with Gasteiger partial charge < -0.3 is 0 Å². The molecule has 0 amide bonds. The number of hydrogen-bond acceptors (Lipinski definition) is 2. The van der Waals surface area contributed by atoms with E-state index >= 15 is 0 Å². The Morgan fingerprint density at radius 3 is 2.41 bits per heavy atom. The quantitative estimate of drug-likeness (QED) is 0.744. The molecule has 0 unspecified atom stereocenters. The molecule has 0 N–H and O–H groups in total. The van der Waals surface area contributed by atoms with Gasteiger partial charge in [0.05, 0.1) is 10.7 Å². The Morgan fingerprint density at radius 2 is 1.82 bits per heavy atom. The molecule has 0 aliphatic carbocycles. The van der Waals surface area contributed by atoms with E-state index in [9.17, 15) is 0 Å². The normalized spacial score (nSPS) is 10.8. The summed E-state index contributed by atoms with van der Waals surface area (Å²) in [6, 6.07) is 4.42. The van der Waals surface area contributed by atoms with Gasteiger partial charge in [-0.2, -0.15) is 0 Å². The molecule has 0 radical (unpaired) electrons. The van der Waals surface area contributed by atoms with E-state index < -0.39 is 0 Å². The minimum Gasteiger partial charge on any atom is -0.241 e. The minimum absolute atomic E-state index is 0.638. The Balaban J connectivity index is 2.45. The van der Waals surface area contributed by atoms with Gasteiger partial charge in [0.25, 0.3) is 0 Å². The molecular formula is C14H16ClNS. The molecular weight excluding hydrogens is 250 g/mol. The lowest BCUT2D eigenvalue weighted by atomic mass is 9.98. The van der Waals surface area contributed by atoms with Crippen molar-refractivity contribution in [3.05, 3.63) is 39.2 Å². The lowest BCUT2D eigenvalue weighted by molar-refractivity contribution is 1.10. The third-order valence-corrected chi connectivity index (χ3v) is 3.89. The van der Waals surface area contributed by atoms with Crippen molar-refractivity contribution in [2.45, 2.75) is 27.2 Å². The van der Waals surface area contributed by atoms with Gasteiger partial charge in [0.15, 0.2) is 0 Å². The predicted molar refractivity (Wildman–Crippen MR) is 76.2 cm³/mol. The second-order valence-electron chi connectivity index (χ2n) is 4.34. The molecule has 3 heteroatoms. The van der Waals surface area contributed by atoms with Crippen LogP contribution in [-0.2, 0) is 6.42 Å². The van der Waals surface area contributed by atoms with Gasteiger partial charge in [-0.1, -0.05) is 17.7 Å². The zero-order valence-corrected chi connectivity index (χ0v) is 12.0. The number of rotatable bonds is 3. The van der Waals surface area contributed by atoms with E-state index in [-0.39, 0.29) is 0 Å². The lowest BCUT2D eigenvalue weighted by Gasteiger charge is -2.08. The van der Waals surface area contributed by atoms with Crippen molar-refractivity contribution in [3.63, 3.8) is 0 Å². The Hall–Kier alpha value is -0.860. The highest BCUT2D eigenvalue weighted by molar-refractivity contribution is 7.10. The number of thiazole rings is 1. The van der Waals surface area contributed by atoms with Crippen LogP contribution in [0.1, 0.15) is 21.7 Å². The van der Waals surface area contributed by atoms with E-state index in [1.165, 1.54) is 22.3 Å². The Kier molecular flexibility index (Phi) is 3.85. The molecule has 90 valence electrons. The molecule has 2 aromatic rings. The molecule has 2 rings (SSSR count). The van der Waals surface area contributed by atoms with Crippen molar-refractivity contribution in [1.29, 1.82) is 0 Å². The third kappa shape index (κ3) is 2.70. The van der Waals surface area contributed by atoms with Crippen molar-refractivity contribution < 1.29 is 0 Å². The fourth-order valence-electron chi connectivity index (χ4n) is 2.21. The largest absolute Gasteiger partial charge is 0.241 e. The van der Waals surface area contributed by atoms with Crippen molar-refractivity contribution >= 4 is 22.9 Å². The summed E-state index contributed by atoms with van der Waals surface area (Å²) in [5.74, 6) is 0.638. The highest BCUT2D eigenvalue weighted by Gasteiger charge is 2.10. The first-order chi connectivity index (χ1) is 8.11. The van der Waals surface area contributed by atoms with Gasteiger partial charge >= 0.3 is 0 Å². The molecule has 1 aromatic carbocycles. The average Bonchev–Trinajstić information content (AvgIpc) is 2.65. The number of hydrogen-bond donors (Lipinski definition) is 0. The molecule has 0 saturated heterocycles. The first-order valence-corrected chi connectivity index (χ1v) is 7.12. The monoisotopic (exact) mass is 265 g/mol. The summed E-state index contributed by atoms with van der Waals surface area (Å²) in [5.41, 5.74) is 6.26. The van der Waals surface area contributed by atoms with Crippen LogP contribution in [0.15, 0.2) is 17.5 Å². The maximum Gasteiger partial charge on any atom is 0.0944 e. The summed E-state index contributed by atoms with van der Waals surface area (Å²) in [4.78, 5) is 4.66. The van der Waals surface area contributed by atoms with Crippen LogP contribution < -0.4 is 0 Å². The predicted octanol–water partition coefficient (Wildman–Crippen LogP) is 4.52. The molecule has 0 atom stereocenters. The van der Waals surface area contributed by atoms with E-state index in [4.69, 9.17) is 11.6 Å². The van der Waals surface area contributed by atoms with Crippen LogP contribution >= 0.6 is 22.9 Å². The first-order valence-electron chi connectivity index (χ1n) is 5.70. The smallest absolute Gasteiger partial charge is 0.0944 e. The molecule has 1 nitrogen and oxygen atoms in total. The van der Waals surface area contributed by atoms with Gasteiger partial charge in [0.2, 0.25) is 0 Å². The van der Waals surface area contributed by atoms with Gasteiger partial charge in [0.1, 0.15) is 0 Å². The standard InChI is InChI=1S/C14H16ClNS/c1-9-6-10(2)14(11(3)7-9)12-8-17-13(16-12)4-5-15/h6-8H,4-5H2,1-3H3. The molecule has 17 heavy (non-hydrogen) atoms. The zero-order chi connectivity index (χ0) is 12.4. The van der Waals surface area contributed by atoms with Crippen LogP contribution in [0.25, 0.3) is 11.3 Å². The molecule has 0 spiro atoms. The SMILES string of the molecule is Cc1cc(C)c(-c2csc(CCCl)n2)c(C)c1. The summed E-state index contributed by atoms with van der Waals surface area (Å²) >= 11 is 7.44. The summed E-state index contributed by atoms with van der Waals surface area (Å²) in [6.07, 6.45) is 0.857. The van der Waals surface area contributed by atoms with Crippen LogP contribution in [0.2, 0.25) is 0 Å². The molecule has 0 saturated carbocycles. The van der Waals surface area contributed by atoms with Crippen LogP contribution in [0.3, 0.4) is 0 Å². The number of halogens is 1. The first kappa shape index (κ1) is 12.6. The Labute approximate surface area is 111 Å². The number of nitrogens with zero attached hydrogens (tertiary/aromatic N) is 1. The van der Waals surface area contributed by atoms with E-state index in [1.54, 1.807) is 11.3 Å². The second-order valence-corrected chi connectivity index (χ2v) is 5.66. The van der Waals surface area contributed by atoms with Crippen LogP contribution in [0, 0.1) is 20.8 Å². The molecule has 0 aliphatic rings. The summed E-state index contributed by atoms with van der Waals surface area (Å²) < 4.78 is 0. The minimum atomic E-state index is 0.638. The zero-order valence-electron chi connectivity index (χ0n) is 10.4. The topological polar surface area (TPSA) is 12.9 Å². The van der Waals surface area contributed by atoms with Gasteiger partial charge in [0, 0.05) is 23.2 Å². The van der Waals surface area contributed by atoms with E-state index in [2.05, 4.69) is 43.3 Å². The van der Waals surface area contributed by atoms with Gasteiger partial charge in [-0.15, -0.1) is 22.9 Å². The molecule has 0 fully saturated rings. The van der Waals surface area contributed by atoms with E-state index in [0.29, 0.717) is 5.88 Å². The fraction of sp³-hybridized carbons (Fsp3) is 0.357. The summed E-state index contributed by atoms with van der Waals surface area (Å²) in [5, 5.41) is 3.25.